The predicted molar refractivity (Wildman–Crippen MR) is 98.1 cm³/mol. The minimum absolute atomic E-state index is 0.146. The van der Waals surface area contributed by atoms with E-state index in [-0.39, 0.29) is 17.6 Å². The first-order chi connectivity index (χ1) is 13.2. The van der Waals surface area contributed by atoms with Gasteiger partial charge in [0.25, 0.3) is 0 Å². The molecule has 1 aromatic heterocycles. The van der Waals surface area contributed by atoms with Crippen LogP contribution in [0.4, 0.5) is 0 Å². The van der Waals surface area contributed by atoms with E-state index in [9.17, 15) is 9.59 Å². The SMILES string of the molecule is COC(=O)c1cn(C2CCN(CC(=O)N3CCCC4CCCCC43)C2)nn1. The molecular weight excluding hydrogens is 346 g/mol. The van der Waals surface area contributed by atoms with E-state index in [0.29, 0.717) is 12.6 Å². The van der Waals surface area contributed by atoms with Crippen LogP contribution in [0.15, 0.2) is 6.20 Å². The zero-order chi connectivity index (χ0) is 18.8. The molecule has 4 rings (SSSR count). The van der Waals surface area contributed by atoms with Gasteiger partial charge in [-0.2, -0.15) is 0 Å². The fourth-order valence-corrected chi connectivity index (χ4v) is 5.04. The largest absolute Gasteiger partial charge is 0.464 e. The molecule has 1 amide bonds. The lowest BCUT2D eigenvalue weighted by molar-refractivity contribution is -0.138. The summed E-state index contributed by atoms with van der Waals surface area (Å²) in [4.78, 5) is 28.9. The Morgan fingerprint density at radius 3 is 2.81 bits per heavy atom. The van der Waals surface area contributed by atoms with Crippen LogP contribution >= 0.6 is 0 Å². The fraction of sp³-hybridized carbons (Fsp3) is 0.789. The normalized spacial score (nSPS) is 28.8. The van der Waals surface area contributed by atoms with Crippen molar-refractivity contribution in [3.8, 4) is 0 Å². The molecule has 1 aromatic rings. The molecule has 8 heteroatoms. The minimum atomic E-state index is -0.474. The van der Waals surface area contributed by atoms with Crippen LogP contribution in [-0.4, -0.2) is 76.0 Å². The van der Waals surface area contributed by atoms with Crippen molar-refractivity contribution < 1.29 is 14.3 Å². The van der Waals surface area contributed by atoms with Crippen molar-refractivity contribution in [1.82, 2.24) is 24.8 Å². The highest BCUT2D eigenvalue weighted by atomic mass is 16.5. The zero-order valence-corrected chi connectivity index (χ0v) is 16.0. The number of hydrogen-bond donors (Lipinski definition) is 0. The summed E-state index contributed by atoms with van der Waals surface area (Å²) in [6.45, 7) is 3.03. The van der Waals surface area contributed by atoms with E-state index in [4.69, 9.17) is 0 Å². The third-order valence-electron chi connectivity index (χ3n) is 6.45. The van der Waals surface area contributed by atoms with Gasteiger partial charge in [-0.3, -0.25) is 9.69 Å². The average molecular weight is 375 g/mol. The second-order valence-corrected chi connectivity index (χ2v) is 8.09. The molecule has 0 bridgehead atoms. The molecule has 2 saturated heterocycles. The molecule has 0 spiro atoms. The number of aromatic nitrogens is 3. The van der Waals surface area contributed by atoms with E-state index in [1.807, 2.05) is 0 Å². The Balaban J connectivity index is 1.33. The zero-order valence-electron chi connectivity index (χ0n) is 16.0. The summed E-state index contributed by atoms with van der Waals surface area (Å²) in [6, 6.07) is 0.615. The highest BCUT2D eigenvalue weighted by molar-refractivity contribution is 5.86. The van der Waals surface area contributed by atoms with Gasteiger partial charge in [0.15, 0.2) is 5.69 Å². The number of piperidine rings is 1. The van der Waals surface area contributed by atoms with E-state index < -0.39 is 5.97 Å². The van der Waals surface area contributed by atoms with Gasteiger partial charge in [-0.25, -0.2) is 9.48 Å². The summed E-state index contributed by atoms with van der Waals surface area (Å²) < 4.78 is 6.41. The second kappa shape index (κ2) is 7.96. The van der Waals surface area contributed by atoms with Crippen molar-refractivity contribution in [1.29, 1.82) is 0 Å². The third-order valence-corrected chi connectivity index (χ3v) is 6.45. The van der Waals surface area contributed by atoms with Crippen LogP contribution in [0, 0.1) is 5.92 Å². The second-order valence-electron chi connectivity index (χ2n) is 8.09. The van der Waals surface area contributed by atoms with E-state index in [2.05, 4.69) is 24.8 Å². The number of rotatable bonds is 4. The van der Waals surface area contributed by atoms with Gasteiger partial charge in [0.05, 0.1) is 25.9 Å². The standard InChI is InChI=1S/C19H29N5O3/c1-27-19(26)16-12-24(21-20-16)15-8-10-22(11-15)13-18(25)23-9-4-6-14-5-2-3-7-17(14)23/h12,14-15,17H,2-11,13H2,1H3. The Morgan fingerprint density at radius 2 is 1.96 bits per heavy atom. The van der Waals surface area contributed by atoms with Gasteiger partial charge in [-0.05, 0) is 38.0 Å². The van der Waals surface area contributed by atoms with Crippen LogP contribution in [0.1, 0.15) is 61.5 Å². The molecule has 148 valence electrons. The summed E-state index contributed by atoms with van der Waals surface area (Å²) in [5.41, 5.74) is 0.226. The number of nitrogens with zero attached hydrogens (tertiary/aromatic N) is 5. The van der Waals surface area contributed by atoms with Crippen molar-refractivity contribution in [2.24, 2.45) is 5.92 Å². The maximum Gasteiger partial charge on any atom is 0.360 e. The van der Waals surface area contributed by atoms with Crippen LogP contribution in [-0.2, 0) is 9.53 Å². The van der Waals surface area contributed by atoms with E-state index in [1.54, 1.807) is 10.9 Å². The lowest BCUT2D eigenvalue weighted by Crippen LogP contribution is -2.52. The molecule has 1 saturated carbocycles. The quantitative estimate of drug-likeness (QED) is 0.742. The number of ether oxygens (including phenoxy) is 1. The molecule has 3 aliphatic rings. The lowest BCUT2D eigenvalue weighted by Gasteiger charge is -2.44. The number of likely N-dealkylation sites (tertiary alicyclic amines) is 2. The Bertz CT molecular complexity index is 689. The molecule has 27 heavy (non-hydrogen) atoms. The van der Waals surface area contributed by atoms with Gasteiger partial charge in [0, 0.05) is 25.7 Å². The summed E-state index contributed by atoms with van der Waals surface area (Å²) in [5.74, 6) is 0.522. The Morgan fingerprint density at radius 1 is 1.15 bits per heavy atom. The third kappa shape index (κ3) is 3.85. The number of hydrogen-bond acceptors (Lipinski definition) is 6. The summed E-state index contributed by atoms with van der Waals surface area (Å²) >= 11 is 0. The first kappa shape index (κ1) is 18.4. The topological polar surface area (TPSA) is 80.6 Å². The number of carbonyl (C=O) groups excluding carboxylic acids is 2. The summed E-state index contributed by atoms with van der Waals surface area (Å²) in [7, 11) is 1.34. The number of amides is 1. The van der Waals surface area contributed by atoms with Crippen LogP contribution in [0.2, 0.25) is 0 Å². The van der Waals surface area contributed by atoms with Gasteiger partial charge in [-0.15, -0.1) is 5.10 Å². The first-order valence-corrected chi connectivity index (χ1v) is 10.2. The number of esters is 1. The molecule has 0 N–H and O–H groups in total. The van der Waals surface area contributed by atoms with Gasteiger partial charge < -0.3 is 9.64 Å². The maximum atomic E-state index is 13.0. The van der Waals surface area contributed by atoms with Crippen LogP contribution < -0.4 is 0 Å². The molecule has 2 aliphatic heterocycles. The van der Waals surface area contributed by atoms with Gasteiger partial charge in [0.2, 0.25) is 5.91 Å². The molecule has 3 fully saturated rings. The average Bonchev–Trinajstić information content (AvgIpc) is 3.36. The summed E-state index contributed by atoms with van der Waals surface area (Å²) in [6.07, 6.45) is 10.0. The van der Waals surface area contributed by atoms with Crippen LogP contribution in [0.3, 0.4) is 0 Å². The van der Waals surface area contributed by atoms with Crippen molar-refractivity contribution in [2.45, 2.75) is 57.0 Å². The fourth-order valence-electron chi connectivity index (χ4n) is 5.04. The van der Waals surface area contributed by atoms with E-state index in [0.717, 1.165) is 38.4 Å². The predicted octanol–water partition coefficient (Wildman–Crippen LogP) is 1.49. The van der Waals surface area contributed by atoms with E-state index >= 15 is 0 Å². The number of carbonyl (C=O) groups is 2. The molecule has 0 radical (unpaired) electrons. The highest BCUT2D eigenvalue weighted by Gasteiger charge is 2.36. The van der Waals surface area contributed by atoms with E-state index in [1.165, 1.54) is 39.2 Å². The van der Waals surface area contributed by atoms with Crippen molar-refractivity contribution in [3.05, 3.63) is 11.9 Å². The van der Waals surface area contributed by atoms with Gasteiger partial charge >= 0.3 is 5.97 Å². The first-order valence-electron chi connectivity index (χ1n) is 10.2. The smallest absolute Gasteiger partial charge is 0.360 e. The van der Waals surface area contributed by atoms with Crippen LogP contribution in [0.25, 0.3) is 0 Å². The van der Waals surface area contributed by atoms with Crippen LogP contribution in [0.5, 0.6) is 0 Å². The van der Waals surface area contributed by atoms with Gasteiger partial charge in [0.1, 0.15) is 0 Å². The number of fused-ring (bicyclic) bond motifs is 1. The Kier molecular flexibility index (Phi) is 5.43. The molecular formula is C19H29N5O3. The molecule has 3 atom stereocenters. The maximum absolute atomic E-state index is 13.0. The van der Waals surface area contributed by atoms with Crippen molar-refractivity contribution in [2.75, 3.05) is 33.3 Å². The monoisotopic (exact) mass is 375 g/mol. The van der Waals surface area contributed by atoms with Crippen molar-refractivity contribution in [3.63, 3.8) is 0 Å². The molecule has 1 aliphatic carbocycles. The highest BCUT2D eigenvalue weighted by Crippen LogP contribution is 2.35. The number of methoxy groups -OCH3 is 1. The lowest BCUT2D eigenvalue weighted by atomic mass is 9.78. The molecule has 8 nitrogen and oxygen atoms in total. The van der Waals surface area contributed by atoms with Gasteiger partial charge in [-0.1, -0.05) is 18.1 Å². The molecule has 3 unspecified atom stereocenters. The Hall–Kier alpha value is -1.96. The minimum Gasteiger partial charge on any atom is -0.464 e. The van der Waals surface area contributed by atoms with Crippen molar-refractivity contribution >= 4 is 11.9 Å². The summed E-state index contributed by atoms with van der Waals surface area (Å²) in [5, 5.41) is 7.95. The molecule has 0 aromatic carbocycles. The Labute approximate surface area is 159 Å². The molecule has 3 heterocycles.